The average molecular weight is 288 g/mol. The van der Waals surface area contributed by atoms with Crippen molar-refractivity contribution >= 4 is 33.0 Å². The second-order valence-electron chi connectivity index (χ2n) is 3.39. The lowest BCUT2D eigenvalue weighted by Gasteiger charge is -1.89. The molecule has 0 atom stereocenters. The predicted molar refractivity (Wildman–Crippen MR) is 62.3 cm³/mol. The number of Topliss-reactive ketones (excluding diaryl/α,β-unsaturated/α-hetero) is 1. The number of hydrogen-bond donors (Lipinski definition) is 2. The fraction of sp³-hybridized carbons (Fsp3) is 0.375. The molecular formula is C8H8N4O4S2. The summed E-state index contributed by atoms with van der Waals surface area (Å²) in [4.78, 5) is 11.3. The number of azo groups is 1. The van der Waals surface area contributed by atoms with E-state index in [4.69, 9.17) is 0 Å². The fourth-order valence-corrected chi connectivity index (χ4v) is 2.61. The summed E-state index contributed by atoms with van der Waals surface area (Å²) in [6.07, 6.45) is 0.490. The van der Waals surface area contributed by atoms with Gasteiger partial charge in [-0.25, -0.2) is 8.42 Å². The van der Waals surface area contributed by atoms with Crippen molar-refractivity contribution in [1.82, 2.24) is 10.2 Å². The van der Waals surface area contributed by atoms with E-state index in [1.807, 2.05) is 0 Å². The van der Waals surface area contributed by atoms with Crippen LogP contribution in [0.1, 0.15) is 17.8 Å². The summed E-state index contributed by atoms with van der Waals surface area (Å²) in [5, 5.41) is 24.3. The number of rotatable bonds is 4. The minimum Gasteiger partial charge on any atom is -0.510 e. The van der Waals surface area contributed by atoms with Gasteiger partial charge in [0, 0.05) is 12.8 Å². The first-order valence-electron chi connectivity index (χ1n) is 4.87. The number of ketones is 1. The molecule has 1 aromatic heterocycles. The molecule has 1 aromatic rings. The third-order valence-corrected chi connectivity index (χ3v) is 3.66. The topological polar surface area (TPSA) is 122 Å². The number of thiol groups is 1. The van der Waals surface area contributed by atoms with Crippen LogP contribution in [-0.2, 0) is 21.3 Å². The predicted octanol–water partition coefficient (Wildman–Crippen LogP) is 0.866. The Morgan fingerprint density at radius 2 is 2.06 bits per heavy atom. The normalized spacial score (nSPS) is 16.4. The SMILES string of the molecule is O=C1CCC(O)=C1N=Nc1nnc(C[SH](=O)=O)s1. The van der Waals surface area contributed by atoms with E-state index in [1.165, 1.54) is 0 Å². The van der Waals surface area contributed by atoms with Crippen LogP contribution in [0.5, 0.6) is 0 Å². The van der Waals surface area contributed by atoms with Crippen LogP contribution in [0.3, 0.4) is 0 Å². The van der Waals surface area contributed by atoms with Gasteiger partial charge in [-0.2, -0.15) is 0 Å². The molecule has 1 N–H and O–H groups in total. The van der Waals surface area contributed by atoms with Crippen molar-refractivity contribution < 1.29 is 18.3 Å². The number of carbonyl (C=O) groups is 1. The van der Waals surface area contributed by atoms with Gasteiger partial charge in [0.05, 0.1) is 0 Å². The van der Waals surface area contributed by atoms with Crippen LogP contribution in [0.4, 0.5) is 5.13 Å². The molecule has 0 spiro atoms. The van der Waals surface area contributed by atoms with Gasteiger partial charge >= 0.3 is 0 Å². The first kappa shape index (κ1) is 12.8. The third kappa shape index (κ3) is 2.96. The molecule has 1 aliphatic carbocycles. The molecule has 1 aliphatic rings. The zero-order valence-electron chi connectivity index (χ0n) is 8.94. The van der Waals surface area contributed by atoms with Crippen LogP contribution in [0.2, 0.25) is 0 Å². The number of hydrogen-bond acceptors (Lipinski definition) is 9. The molecule has 10 heteroatoms. The van der Waals surface area contributed by atoms with Crippen LogP contribution in [0, 0.1) is 0 Å². The molecule has 18 heavy (non-hydrogen) atoms. The highest BCUT2D eigenvalue weighted by Gasteiger charge is 2.22. The Kier molecular flexibility index (Phi) is 3.77. The van der Waals surface area contributed by atoms with Gasteiger partial charge in [0.25, 0.3) is 5.13 Å². The van der Waals surface area contributed by atoms with Gasteiger partial charge < -0.3 is 5.11 Å². The van der Waals surface area contributed by atoms with Crippen molar-refractivity contribution in [1.29, 1.82) is 0 Å². The summed E-state index contributed by atoms with van der Waals surface area (Å²) in [5.41, 5.74) is -0.0679. The van der Waals surface area contributed by atoms with Gasteiger partial charge in [0.15, 0.2) is 11.5 Å². The average Bonchev–Trinajstić information content (AvgIpc) is 2.84. The van der Waals surface area contributed by atoms with Crippen molar-refractivity contribution in [3.8, 4) is 0 Å². The lowest BCUT2D eigenvalue weighted by atomic mass is 10.3. The van der Waals surface area contributed by atoms with E-state index < -0.39 is 10.7 Å². The van der Waals surface area contributed by atoms with E-state index in [-0.39, 0.29) is 41.0 Å². The minimum absolute atomic E-state index is 0.0679. The van der Waals surface area contributed by atoms with Gasteiger partial charge in [0.2, 0.25) is 0 Å². The molecule has 0 unspecified atom stereocenters. The molecular weight excluding hydrogens is 280 g/mol. The summed E-state index contributed by atoms with van der Waals surface area (Å²) in [5.74, 6) is -0.560. The van der Waals surface area contributed by atoms with Crippen LogP contribution in [0.25, 0.3) is 0 Å². The van der Waals surface area contributed by atoms with E-state index >= 15 is 0 Å². The van der Waals surface area contributed by atoms with Crippen LogP contribution in [0.15, 0.2) is 21.7 Å². The number of nitrogens with zero attached hydrogens (tertiary/aromatic N) is 4. The monoisotopic (exact) mass is 288 g/mol. The molecule has 96 valence electrons. The summed E-state index contributed by atoms with van der Waals surface area (Å²) in [7, 11) is -2.56. The van der Waals surface area contributed by atoms with Crippen molar-refractivity contribution in [2.75, 3.05) is 0 Å². The molecule has 1 heterocycles. The highest BCUT2D eigenvalue weighted by atomic mass is 32.2. The van der Waals surface area contributed by atoms with Gasteiger partial charge in [-0.05, 0) is 0 Å². The first-order chi connectivity index (χ1) is 8.56. The molecule has 0 fully saturated rings. The second kappa shape index (κ2) is 5.31. The zero-order chi connectivity index (χ0) is 13.1. The highest BCUT2D eigenvalue weighted by molar-refractivity contribution is 7.71. The maximum atomic E-state index is 11.3. The summed E-state index contributed by atoms with van der Waals surface area (Å²) >= 11 is 0.965. The zero-order valence-corrected chi connectivity index (χ0v) is 10.6. The van der Waals surface area contributed by atoms with Gasteiger partial charge in [-0.1, -0.05) is 11.3 Å². The van der Waals surface area contributed by atoms with E-state index in [0.29, 0.717) is 5.01 Å². The minimum atomic E-state index is -2.56. The van der Waals surface area contributed by atoms with Crippen molar-refractivity contribution in [2.24, 2.45) is 10.2 Å². The Morgan fingerprint density at radius 1 is 1.28 bits per heavy atom. The molecule has 0 radical (unpaired) electrons. The van der Waals surface area contributed by atoms with Crippen molar-refractivity contribution in [3.63, 3.8) is 0 Å². The molecule has 0 bridgehead atoms. The Hall–Kier alpha value is -1.68. The molecule has 0 saturated carbocycles. The van der Waals surface area contributed by atoms with E-state index in [1.54, 1.807) is 0 Å². The third-order valence-electron chi connectivity index (χ3n) is 2.08. The highest BCUT2D eigenvalue weighted by Crippen LogP contribution is 2.25. The Morgan fingerprint density at radius 3 is 2.67 bits per heavy atom. The number of allylic oxidation sites excluding steroid dienone is 2. The quantitative estimate of drug-likeness (QED) is 0.626. The molecule has 0 aliphatic heterocycles. The van der Waals surface area contributed by atoms with E-state index in [0.717, 1.165) is 11.3 Å². The molecule has 2 rings (SSSR count). The number of aliphatic hydroxyl groups excluding tert-OH is 1. The Bertz CT molecular complexity index is 608. The van der Waals surface area contributed by atoms with Crippen molar-refractivity contribution in [3.05, 3.63) is 16.5 Å². The van der Waals surface area contributed by atoms with E-state index in [9.17, 15) is 18.3 Å². The molecule has 0 saturated heterocycles. The molecule has 8 nitrogen and oxygen atoms in total. The van der Waals surface area contributed by atoms with Crippen LogP contribution < -0.4 is 0 Å². The number of aliphatic hydroxyl groups is 1. The summed E-state index contributed by atoms with van der Waals surface area (Å²) in [6.45, 7) is 0. The van der Waals surface area contributed by atoms with Crippen LogP contribution >= 0.6 is 11.3 Å². The van der Waals surface area contributed by atoms with Crippen molar-refractivity contribution in [2.45, 2.75) is 18.6 Å². The first-order valence-corrected chi connectivity index (χ1v) is 7.05. The lowest BCUT2D eigenvalue weighted by Crippen LogP contribution is -1.92. The maximum Gasteiger partial charge on any atom is 0.251 e. The second-order valence-corrected chi connectivity index (χ2v) is 5.41. The van der Waals surface area contributed by atoms with Crippen LogP contribution in [-0.4, -0.2) is 29.5 Å². The van der Waals surface area contributed by atoms with Gasteiger partial charge in [-0.15, -0.1) is 20.4 Å². The Labute approximate surface area is 107 Å². The summed E-state index contributed by atoms with van der Waals surface area (Å²) < 4.78 is 20.9. The standard InChI is InChI=1S/C8H8N4O4S2/c13-4-1-2-5(14)7(4)10-12-8-11-9-6(17-8)3-18(15)16/h13,18H,1-3H2. The van der Waals surface area contributed by atoms with Gasteiger partial charge in [-0.3, -0.25) is 4.79 Å². The Balaban J connectivity index is 2.12. The smallest absolute Gasteiger partial charge is 0.251 e. The molecule has 0 amide bonds. The summed E-state index contributed by atoms with van der Waals surface area (Å²) in [6, 6.07) is 0. The largest absolute Gasteiger partial charge is 0.510 e. The lowest BCUT2D eigenvalue weighted by molar-refractivity contribution is -0.115. The number of aromatic nitrogens is 2. The van der Waals surface area contributed by atoms with Gasteiger partial charge in [0.1, 0.15) is 27.2 Å². The fourth-order valence-electron chi connectivity index (χ4n) is 1.30. The van der Waals surface area contributed by atoms with E-state index in [2.05, 4.69) is 20.4 Å². The maximum absolute atomic E-state index is 11.3. The molecule has 0 aromatic carbocycles. The number of carbonyl (C=O) groups excluding carboxylic acids is 1.